The van der Waals surface area contributed by atoms with Crippen LogP contribution in [0.3, 0.4) is 0 Å². The van der Waals surface area contributed by atoms with E-state index in [1.807, 2.05) is 30.3 Å². The highest BCUT2D eigenvalue weighted by Crippen LogP contribution is 2.17. The lowest BCUT2D eigenvalue weighted by molar-refractivity contribution is -0.143. The Bertz CT molecular complexity index is 468. The van der Waals surface area contributed by atoms with Gasteiger partial charge in [0.2, 0.25) is 0 Å². The maximum Gasteiger partial charge on any atom is 0.303 e. The van der Waals surface area contributed by atoms with Crippen molar-refractivity contribution in [2.75, 3.05) is 13.2 Å². The minimum Gasteiger partial charge on any atom is -0.481 e. The second-order valence-electron chi connectivity index (χ2n) is 5.24. The van der Waals surface area contributed by atoms with Gasteiger partial charge >= 0.3 is 5.97 Å². The quantitative estimate of drug-likeness (QED) is 0.835. The van der Waals surface area contributed by atoms with E-state index in [9.17, 15) is 9.59 Å². The van der Waals surface area contributed by atoms with Crippen LogP contribution in [0.15, 0.2) is 30.3 Å². The van der Waals surface area contributed by atoms with Crippen LogP contribution < -0.4 is 0 Å². The van der Waals surface area contributed by atoms with Crippen LogP contribution in [0.25, 0.3) is 0 Å². The summed E-state index contributed by atoms with van der Waals surface area (Å²) in [6.45, 7) is 1.57. The van der Waals surface area contributed by atoms with Gasteiger partial charge < -0.3 is 14.7 Å². The van der Waals surface area contributed by atoms with Crippen LogP contribution in [-0.4, -0.2) is 41.1 Å². The molecule has 1 fully saturated rings. The zero-order chi connectivity index (χ0) is 15.1. The fourth-order valence-corrected chi connectivity index (χ4v) is 2.47. The fraction of sp³-hybridized carbons (Fsp3) is 0.500. The van der Waals surface area contributed by atoms with E-state index in [1.165, 1.54) is 0 Å². The number of ether oxygens (including phenoxy) is 1. The number of hydrogen-bond donors (Lipinski definition) is 1. The topological polar surface area (TPSA) is 66.8 Å². The first kappa shape index (κ1) is 15.5. The lowest BCUT2D eigenvalue weighted by Crippen LogP contribution is -2.39. The monoisotopic (exact) mass is 291 g/mol. The molecular formula is C16H21NO4. The summed E-state index contributed by atoms with van der Waals surface area (Å²) in [5, 5.41) is 8.74. The van der Waals surface area contributed by atoms with E-state index in [2.05, 4.69) is 0 Å². The van der Waals surface area contributed by atoms with Crippen molar-refractivity contribution in [3.8, 4) is 0 Å². The average Bonchev–Trinajstić information content (AvgIpc) is 3.00. The molecule has 114 valence electrons. The molecule has 1 aromatic carbocycles. The summed E-state index contributed by atoms with van der Waals surface area (Å²) in [5.41, 5.74) is 1.04. The Hall–Kier alpha value is -1.88. The minimum atomic E-state index is -0.834. The van der Waals surface area contributed by atoms with Crippen LogP contribution in [0.2, 0.25) is 0 Å². The number of hydrogen-bond acceptors (Lipinski definition) is 3. The first-order valence-corrected chi connectivity index (χ1v) is 7.33. The molecule has 1 N–H and O–H groups in total. The van der Waals surface area contributed by atoms with Crippen molar-refractivity contribution in [2.24, 2.45) is 0 Å². The Labute approximate surface area is 124 Å². The minimum absolute atomic E-state index is 0.0262. The van der Waals surface area contributed by atoms with Gasteiger partial charge in [-0.15, -0.1) is 0 Å². The molecule has 1 aliphatic heterocycles. The Morgan fingerprint density at radius 1 is 1.29 bits per heavy atom. The van der Waals surface area contributed by atoms with Crippen molar-refractivity contribution >= 4 is 11.9 Å². The van der Waals surface area contributed by atoms with Crippen molar-refractivity contribution < 1.29 is 19.4 Å². The van der Waals surface area contributed by atoms with E-state index >= 15 is 0 Å². The molecule has 1 atom stereocenters. The van der Waals surface area contributed by atoms with Crippen molar-refractivity contribution in [3.63, 3.8) is 0 Å². The molecule has 0 aromatic heterocycles. The normalized spacial score (nSPS) is 17.6. The molecular weight excluding hydrogens is 270 g/mol. The van der Waals surface area contributed by atoms with Gasteiger partial charge in [-0.25, -0.2) is 0 Å². The van der Waals surface area contributed by atoms with Crippen molar-refractivity contribution in [1.82, 2.24) is 4.90 Å². The third kappa shape index (κ3) is 4.86. The lowest BCUT2D eigenvalue weighted by Gasteiger charge is -2.25. The number of carboxylic acids is 1. The smallest absolute Gasteiger partial charge is 0.303 e. The fourth-order valence-electron chi connectivity index (χ4n) is 2.47. The van der Waals surface area contributed by atoms with Crippen LogP contribution in [0, 0.1) is 0 Å². The summed E-state index contributed by atoms with van der Waals surface area (Å²) in [6.07, 6.45) is 1.83. The Kier molecular flexibility index (Phi) is 5.75. The van der Waals surface area contributed by atoms with Gasteiger partial charge in [0.1, 0.15) is 6.10 Å². The zero-order valence-electron chi connectivity index (χ0n) is 12.0. The van der Waals surface area contributed by atoms with E-state index < -0.39 is 5.97 Å². The summed E-state index contributed by atoms with van der Waals surface area (Å²) in [4.78, 5) is 24.8. The highest BCUT2D eigenvalue weighted by molar-refractivity contribution is 5.81. The van der Waals surface area contributed by atoms with Crippen LogP contribution >= 0.6 is 0 Å². The van der Waals surface area contributed by atoms with E-state index in [4.69, 9.17) is 9.84 Å². The first-order chi connectivity index (χ1) is 10.2. The number of aliphatic carboxylic acids is 1. The summed E-state index contributed by atoms with van der Waals surface area (Å²) in [5.74, 6) is -0.860. The molecule has 1 aliphatic rings. The summed E-state index contributed by atoms with van der Waals surface area (Å²) < 4.78 is 5.45. The molecule has 5 heteroatoms. The van der Waals surface area contributed by atoms with Crippen molar-refractivity contribution in [3.05, 3.63) is 35.9 Å². The molecule has 2 rings (SSSR count). The summed E-state index contributed by atoms with van der Waals surface area (Å²) >= 11 is 0. The third-order valence-electron chi connectivity index (χ3n) is 3.55. The predicted molar refractivity (Wildman–Crippen MR) is 77.7 cm³/mol. The second kappa shape index (κ2) is 7.78. The Morgan fingerprint density at radius 3 is 2.67 bits per heavy atom. The van der Waals surface area contributed by atoms with Gasteiger partial charge in [0, 0.05) is 26.1 Å². The standard InChI is InChI=1S/C16H21NO4/c18-15(19)9-4-10-17(12-13-6-2-1-3-7-13)16(20)14-8-5-11-21-14/h1-3,6-7,14H,4-5,8-12H2,(H,18,19)/t14-/m0/s1. The Balaban J connectivity index is 1.98. The van der Waals surface area contributed by atoms with Crippen LogP contribution in [0.5, 0.6) is 0 Å². The second-order valence-corrected chi connectivity index (χ2v) is 5.24. The molecule has 0 unspecified atom stereocenters. The predicted octanol–water partition coefficient (Wildman–Crippen LogP) is 2.06. The SMILES string of the molecule is O=C(O)CCCN(Cc1ccccc1)C(=O)[C@@H]1CCCO1. The number of amides is 1. The van der Waals surface area contributed by atoms with Gasteiger partial charge in [-0.3, -0.25) is 9.59 Å². The molecule has 0 saturated carbocycles. The molecule has 1 amide bonds. The number of benzene rings is 1. The summed E-state index contributed by atoms with van der Waals surface area (Å²) in [7, 11) is 0. The molecule has 5 nitrogen and oxygen atoms in total. The first-order valence-electron chi connectivity index (χ1n) is 7.33. The third-order valence-corrected chi connectivity index (χ3v) is 3.55. The lowest BCUT2D eigenvalue weighted by atomic mass is 10.1. The van der Waals surface area contributed by atoms with Gasteiger partial charge in [0.25, 0.3) is 5.91 Å². The van der Waals surface area contributed by atoms with E-state index in [0.29, 0.717) is 26.1 Å². The molecule has 1 heterocycles. The molecule has 0 radical (unpaired) electrons. The number of carbonyl (C=O) groups excluding carboxylic acids is 1. The van der Waals surface area contributed by atoms with Gasteiger partial charge in [-0.1, -0.05) is 30.3 Å². The van der Waals surface area contributed by atoms with E-state index in [0.717, 1.165) is 18.4 Å². The van der Waals surface area contributed by atoms with E-state index in [1.54, 1.807) is 4.90 Å². The highest BCUT2D eigenvalue weighted by Gasteiger charge is 2.28. The molecule has 0 bridgehead atoms. The number of nitrogens with zero attached hydrogens (tertiary/aromatic N) is 1. The number of rotatable bonds is 7. The molecule has 0 spiro atoms. The van der Waals surface area contributed by atoms with E-state index in [-0.39, 0.29) is 18.4 Å². The van der Waals surface area contributed by atoms with Gasteiger partial charge in [0.05, 0.1) is 0 Å². The average molecular weight is 291 g/mol. The maximum absolute atomic E-state index is 12.5. The summed E-state index contributed by atoms with van der Waals surface area (Å²) in [6, 6.07) is 9.72. The largest absolute Gasteiger partial charge is 0.481 e. The van der Waals surface area contributed by atoms with Gasteiger partial charge in [-0.05, 0) is 24.8 Å². The van der Waals surface area contributed by atoms with Crippen LogP contribution in [-0.2, 0) is 20.9 Å². The van der Waals surface area contributed by atoms with Crippen LogP contribution in [0.4, 0.5) is 0 Å². The molecule has 1 aromatic rings. The van der Waals surface area contributed by atoms with Gasteiger partial charge in [-0.2, -0.15) is 0 Å². The zero-order valence-corrected chi connectivity index (χ0v) is 12.0. The molecule has 0 aliphatic carbocycles. The number of carbonyl (C=O) groups is 2. The van der Waals surface area contributed by atoms with Gasteiger partial charge in [0.15, 0.2) is 0 Å². The Morgan fingerprint density at radius 2 is 2.05 bits per heavy atom. The maximum atomic E-state index is 12.5. The van der Waals surface area contributed by atoms with Crippen molar-refractivity contribution in [2.45, 2.75) is 38.3 Å². The molecule has 21 heavy (non-hydrogen) atoms. The van der Waals surface area contributed by atoms with Crippen LogP contribution in [0.1, 0.15) is 31.2 Å². The highest BCUT2D eigenvalue weighted by atomic mass is 16.5. The molecule has 1 saturated heterocycles. The van der Waals surface area contributed by atoms with Crippen molar-refractivity contribution in [1.29, 1.82) is 0 Å². The number of carboxylic acid groups (broad SMARTS) is 1.